The molecule has 2 aromatic rings. The molecule has 0 atom stereocenters. The molecular weight excluding hydrogens is 280 g/mol. The molecule has 5 heteroatoms. The predicted octanol–water partition coefficient (Wildman–Crippen LogP) is 3.30. The summed E-state index contributed by atoms with van der Waals surface area (Å²) in [6, 6.07) is 13.5. The highest BCUT2D eigenvalue weighted by molar-refractivity contribution is 6.06. The van der Waals surface area contributed by atoms with Crippen LogP contribution in [0.25, 0.3) is 6.08 Å². The van der Waals surface area contributed by atoms with Gasteiger partial charge in [-0.15, -0.1) is 10.5 Å². The average molecular weight is 290 g/mol. The molecular formula is C17H10N2O3. The van der Waals surface area contributed by atoms with Crippen LogP contribution >= 0.6 is 0 Å². The van der Waals surface area contributed by atoms with E-state index < -0.39 is 0 Å². The van der Waals surface area contributed by atoms with Gasteiger partial charge in [-0.25, -0.2) is 0 Å². The van der Waals surface area contributed by atoms with Crippen molar-refractivity contribution in [2.45, 2.75) is 0 Å². The van der Waals surface area contributed by atoms with Gasteiger partial charge in [0, 0.05) is 11.1 Å². The third-order valence-corrected chi connectivity index (χ3v) is 2.79. The molecule has 106 valence electrons. The Morgan fingerprint density at radius 1 is 0.955 bits per heavy atom. The second-order valence-electron chi connectivity index (χ2n) is 4.12. The summed E-state index contributed by atoms with van der Waals surface area (Å²) >= 11 is 0. The predicted molar refractivity (Wildman–Crippen MR) is 78.7 cm³/mol. The molecule has 2 rings (SSSR count). The molecule has 0 aliphatic rings. The second-order valence-corrected chi connectivity index (χ2v) is 4.12. The Kier molecular flexibility index (Phi) is 4.90. The first-order valence-electron chi connectivity index (χ1n) is 6.28. The summed E-state index contributed by atoms with van der Waals surface area (Å²) < 4.78 is 9.56. The lowest BCUT2D eigenvalue weighted by atomic mass is 10.1. The van der Waals surface area contributed by atoms with E-state index in [2.05, 4.69) is 0 Å². The van der Waals surface area contributed by atoms with Gasteiger partial charge >= 0.3 is 0 Å². The Bertz CT molecular complexity index is 784. The van der Waals surface area contributed by atoms with Crippen molar-refractivity contribution in [1.82, 2.24) is 0 Å². The molecule has 0 amide bonds. The number of nitriles is 2. The maximum absolute atomic E-state index is 12.0. The first-order chi connectivity index (χ1) is 10.8. The largest absolute Gasteiger partial charge is 0.384 e. The van der Waals surface area contributed by atoms with E-state index in [1.165, 1.54) is 30.7 Å². The van der Waals surface area contributed by atoms with Gasteiger partial charge in [0.1, 0.15) is 0 Å². The van der Waals surface area contributed by atoms with Gasteiger partial charge < -0.3 is 9.47 Å². The minimum absolute atomic E-state index is 0.0867. The number of allylic oxidation sites excluding steroid dienone is 1. The van der Waals surface area contributed by atoms with Crippen molar-refractivity contribution in [2.75, 3.05) is 0 Å². The minimum atomic E-state index is -0.185. The van der Waals surface area contributed by atoms with E-state index in [0.29, 0.717) is 11.1 Å². The number of ketones is 1. The van der Waals surface area contributed by atoms with E-state index in [1.807, 2.05) is 6.07 Å². The van der Waals surface area contributed by atoms with Crippen molar-refractivity contribution in [3.8, 4) is 24.0 Å². The van der Waals surface area contributed by atoms with Crippen LogP contribution in [-0.4, -0.2) is 5.78 Å². The zero-order chi connectivity index (χ0) is 15.8. The molecule has 0 spiro atoms. The van der Waals surface area contributed by atoms with Crippen LogP contribution in [0.3, 0.4) is 0 Å². The third-order valence-electron chi connectivity index (χ3n) is 2.79. The molecule has 0 unspecified atom stereocenters. The highest BCUT2D eigenvalue weighted by Gasteiger charge is 2.10. The molecule has 22 heavy (non-hydrogen) atoms. The van der Waals surface area contributed by atoms with Crippen LogP contribution in [-0.2, 0) is 0 Å². The zero-order valence-electron chi connectivity index (χ0n) is 11.4. The molecule has 0 bridgehead atoms. The Labute approximate surface area is 127 Å². The zero-order valence-corrected chi connectivity index (χ0v) is 11.4. The number of para-hydroxylation sites is 1. The summed E-state index contributed by atoms with van der Waals surface area (Å²) in [5.41, 5.74) is 1.00. The van der Waals surface area contributed by atoms with E-state index in [0.717, 1.165) is 0 Å². The third kappa shape index (κ3) is 3.50. The fraction of sp³-hybridized carbons (Fsp3) is 0. The molecule has 0 saturated heterocycles. The maximum Gasteiger partial charge on any atom is 0.292 e. The van der Waals surface area contributed by atoms with Crippen molar-refractivity contribution in [2.24, 2.45) is 0 Å². The fourth-order valence-corrected chi connectivity index (χ4v) is 1.81. The van der Waals surface area contributed by atoms with Gasteiger partial charge in [0.05, 0.1) is 0 Å². The van der Waals surface area contributed by atoms with Crippen LogP contribution in [0.4, 0.5) is 0 Å². The lowest BCUT2D eigenvalue weighted by Gasteiger charge is -2.05. The van der Waals surface area contributed by atoms with Crippen molar-refractivity contribution in [1.29, 1.82) is 10.5 Å². The van der Waals surface area contributed by atoms with Crippen molar-refractivity contribution in [3.05, 3.63) is 65.7 Å². The van der Waals surface area contributed by atoms with Crippen LogP contribution in [0.1, 0.15) is 15.9 Å². The summed E-state index contributed by atoms with van der Waals surface area (Å²) in [6.45, 7) is 0. The number of nitrogens with zero attached hydrogens (tertiary/aromatic N) is 2. The lowest BCUT2D eigenvalue weighted by Crippen LogP contribution is -1.94. The Balaban J connectivity index is 2.31. The van der Waals surface area contributed by atoms with Crippen molar-refractivity contribution < 1.29 is 14.3 Å². The Morgan fingerprint density at radius 3 is 2.36 bits per heavy atom. The molecule has 0 fully saturated rings. The molecule has 0 aliphatic carbocycles. The SMILES string of the molecule is N#COc1cccc(C=CC(=O)c2ccccc2)c1OC#N. The monoisotopic (exact) mass is 290 g/mol. The minimum Gasteiger partial charge on any atom is -0.384 e. The molecule has 2 aromatic carbocycles. The second kappa shape index (κ2) is 7.28. The summed E-state index contributed by atoms with van der Waals surface area (Å²) in [7, 11) is 0. The van der Waals surface area contributed by atoms with E-state index >= 15 is 0 Å². The van der Waals surface area contributed by atoms with Gasteiger partial charge in [0.15, 0.2) is 17.3 Å². The number of carbonyl (C=O) groups excluding carboxylic acids is 1. The molecule has 0 heterocycles. The van der Waals surface area contributed by atoms with Gasteiger partial charge in [0.25, 0.3) is 12.5 Å². The van der Waals surface area contributed by atoms with Crippen LogP contribution in [0.15, 0.2) is 54.6 Å². The number of hydrogen-bond acceptors (Lipinski definition) is 5. The van der Waals surface area contributed by atoms with Gasteiger partial charge in [-0.2, -0.15) is 0 Å². The molecule has 0 N–H and O–H groups in total. The summed E-state index contributed by atoms with van der Waals surface area (Å²) in [5, 5.41) is 17.3. The maximum atomic E-state index is 12.0. The van der Waals surface area contributed by atoms with E-state index in [-0.39, 0.29) is 17.3 Å². The van der Waals surface area contributed by atoms with E-state index in [1.54, 1.807) is 36.4 Å². The fourth-order valence-electron chi connectivity index (χ4n) is 1.81. The van der Waals surface area contributed by atoms with Crippen LogP contribution in [0, 0.1) is 23.0 Å². The smallest absolute Gasteiger partial charge is 0.292 e. The summed E-state index contributed by atoms with van der Waals surface area (Å²) in [4.78, 5) is 12.0. The van der Waals surface area contributed by atoms with E-state index in [4.69, 9.17) is 20.0 Å². The first kappa shape index (κ1) is 14.8. The average Bonchev–Trinajstić information content (AvgIpc) is 2.56. The normalized spacial score (nSPS) is 9.73. The first-order valence-corrected chi connectivity index (χ1v) is 6.28. The van der Waals surface area contributed by atoms with Crippen molar-refractivity contribution in [3.63, 3.8) is 0 Å². The lowest BCUT2D eigenvalue weighted by molar-refractivity contribution is 0.104. The number of benzene rings is 2. The van der Waals surface area contributed by atoms with Gasteiger partial charge in [-0.1, -0.05) is 42.5 Å². The molecule has 0 radical (unpaired) electrons. The van der Waals surface area contributed by atoms with Gasteiger partial charge in [-0.05, 0) is 18.2 Å². The molecule has 0 saturated carbocycles. The highest BCUT2D eigenvalue weighted by Crippen LogP contribution is 2.32. The number of hydrogen-bond donors (Lipinski definition) is 0. The molecule has 5 nitrogen and oxygen atoms in total. The number of rotatable bonds is 5. The van der Waals surface area contributed by atoms with Crippen LogP contribution in [0.2, 0.25) is 0 Å². The van der Waals surface area contributed by atoms with Gasteiger partial charge in [0.2, 0.25) is 0 Å². The van der Waals surface area contributed by atoms with Crippen LogP contribution in [0.5, 0.6) is 11.5 Å². The quantitative estimate of drug-likeness (QED) is 0.479. The topological polar surface area (TPSA) is 83.1 Å². The summed E-state index contributed by atoms with van der Waals surface area (Å²) in [6.07, 6.45) is 5.93. The van der Waals surface area contributed by atoms with Gasteiger partial charge in [-0.3, -0.25) is 4.79 Å². The molecule has 0 aliphatic heterocycles. The Morgan fingerprint density at radius 2 is 1.68 bits per heavy atom. The number of carbonyl (C=O) groups is 1. The molecule has 0 aromatic heterocycles. The Hall–Kier alpha value is -3.57. The van der Waals surface area contributed by atoms with Crippen molar-refractivity contribution >= 4 is 11.9 Å². The standard InChI is InChI=1S/C17H10N2O3/c18-11-21-16-8-4-7-14(17(16)22-12-19)9-10-15(20)13-5-2-1-3-6-13/h1-10H. The number of ether oxygens (including phenoxy) is 2. The summed E-state index contributed by atoms with van der Waals surface area (Å²) in [5.74, 6) is 0.0112. The van der Waals surface area contributed by atoms with Crippen LogP contribution < -0.4 is 9.47 Å². The highest BCUT2D eigenvalue weighted by atomic mass is 16.5. The van der Waals surface area contributed by atoms with E-state index in [9.17, 15) is 4.79 Å².